The molecule has 4 nitrogen and oxygen atoms in total. The predicted octanol–water partition coefficient (Wildman–Crippen LogP) is 0.307. The zero-order valence-corrected chi connectivity index (χ0v) is 10.5. The molecular weight excluding hydrogens is 353 g/mol. The van der Waals surface area contributed by atoms with Crippen LogP contribution >= 0.6 is 0 Å². The normalized spacial score (nSPS) is 4.00. The van der Waals surface area contributed by atoms with Crippen LogP contribution in [0.5, 0.6) is 0 Å². The second-order valence-corrected chi connectivity index (χ2v) is 0.962. The third-order valence-corrected chi connectivity index (χ3v) is 0.556. The summed E-state index contributed by atoms with van der Waals surface area (Å²) in [6, 6.07) is 10.0. The molecule has 0 unspecified atom stereocenters. The van der Waals surface area contributed by atoms with Crippen molar-refractivity contribution in [2.45, 2.75) is 0 Å². The second kappa shape index (κ2) is 96.0. The summed E-state index contributed by atoms with van der Waals surface area (Å²) in [4.78, 5) is 31.0. The first kappa shape index (κ1) is 29.3. The Bertz CT molecular complexity index is 108. The Morgan fingerprint density at radius 2 is 0.857 bits per heavy atom. The smallest absolute Gasteiger partial charge is 0.545 e. The minimum absolute atomic E-state index is 0. The van der Waals surface area contributed by atoms with Crippen LogP contribution in [-0.2, 0) is 41.6 Å². The number of hydrogen-bond acceptors (Lipinski definition) is 4. The van der Waals surface area contributed by atoms with Crippen LogP contribution in [0.3, 0.4) is 0 Å². The van der Waals surface area contributed by atoms with E-state index in [1.807, 2.05) is 30.3 Å². The SMILES string of the molecule is [CH-]=O.[CH-]=O.[CH-]=O.[CH-]=O.[Ta+5].c1cc[cH-]c1. The average Bonchev–Trinajstić information content (AvgIpc) is 2.87. The van der Waals surface area contributed by atoms with Crippen molar-refractivity contribution in [3.05, 3.63) is 30.3 Å². The molecule has 0 atom stereocenters. The quantitative estimate of drug-likeness (QED) is 0.492. The van der Waals surface area contributed by atoms with Crippen molar-refractivity contribution in [2.24, 2.45) is 0 Å². The van der Waals surface area contributed by atoms with Crippen molar-refractivity contribution in [1.82, 2.24) is 0 Å². The topological polar surface area (TPSA) is 68.3 Å². The molecule has 0 fully saturated rings. The van der Waals surface area contributed by atoms with E-state index in [9.17, 15) is 0 Å². The van der Waals surface area contributed by atoms with E-state index in [-0.39, 0.29) is 22.4 Å². The standard InChI is InChI=1S/C5H5.4CHO.Ta/c1-2-4-5-3-1;4*1-2;/h1-5H;4*1H;/q5*-1;+5. The van der Waals surface area contributed by atoms with Gasteiger partial charge in [0.15, 0.2) is 0 Å². The summed E-state index contributed by atoms with van der Waals surface area (Å²) in [5, 5.41) is 0. The predicted molar refractivity (Wildman–Crippen MR) is 49.0 cm³/mol. The van der Waals surface area contributed by atoms with Gasteiger partial charge >= 0.3 is 22.4 Å². The number of carbonyl (C=O) groups excluding carboxylic acids is 4. The summed E-state index contributed by atoms with van der Waals surface area (Å²) in [7, 11) is 0. The molecule has 0 aliphatic heterocycles. The van der Waals surface area contributed by atoms with E-state index in [1.54, 1.807) is 0 Å². The van der Waals surface area contributed by atoms with Gasteiger partial charge in [0.25, 0.3) is 0 Å². The van der Waals surface area contributed by atoms with Crippen molar-refractivity contribution in [3.63, 3.8) is 0 Å². The molecule has 14 heavy (non-hydrogen) atoms. The van der Waals surface area contributed by atoms with Crippen molar-refractivity contribution < 1.29 is 41.6 Å². The Hall–Kier alpha value is -1.23. The Morgan fingerprint density at radius 1 is 0.643 bits per heavy atom. The molecule has 0 heterocycles. The van der Waals surface area contributed by atoms with E-state index >= 15 is 0 Å². The van der Waals surface area contributed by atoms with Crippen LogP contribution in [0, 0.1) is 0 Å². The summed E-state index contributed by atoms with van der Waals surface area (Å²) in [5.41, 5.74) is 0. The summed E-state index contributed by atoms with van der Waals surface area (Å²) in [6.45, 7) is 13.0. The maximum absolute atomic E-state index is 7.75. The van der Waals surface area contributed by atoms with E-state index in [0.717, 1.165) is 0 Å². The van der Waals surface area contributed by atoms with Crippen LogP contribution in [0.25, 0.3) is 0 Å². The van der Waals surface area contributed by atoms with Gasteiger partial charge in [0, 0.05) is 0 Å². The molecule has 0 aliphatic carbocycles. The minimum Gasteiger partial charge on any atom is -0.545 e. The van der Waals surface area contributed by atoms with Gasteiger partial charge in [-0.25, -0.2) is 12.1 Å². The monoisotopic (exact) mass is 362 g/mol. The molecule has 1 aromatic carbocycles. The molecule has 1 aromatic rings. The van der Waals surface area contributed by atoms with Crippen molar-refractivity contribution in [1.29, 1.82) is 0 Å². The molecule has 0 saturated heterocycles. The third-order valence-electron chi connectivity index (χ3n) is 0.556. The fraction of sp³-hybridized carbons (Fsp3) is 0. The molecule has 1 rings (SSSR count). The Balaban J connectivity index is -0.0000000267. The van der Waals surface area contributed by atoms with Gasteiger partial charge in [-0.3, -0.25) is 27.2 Å². The number of hydrogen-bond donors (Lipinski definition) is 0. The van der Waals surface area contributed by atoms with Crippen LogP contribution < -0.4 is 0 Å². The van der Waals surface area contributed by atoms with Gasteiger partial charge in [0.1, 0.15) is 0 Å². The molecule has 0 radical (unpaired) electrons. The summed E-state index contributed by atoms with van der Waals surface area (Å²) < 4.78 is 0. The Kier molecular flexibility index (Phi) is 201. The Labute approximate surface area is 99.2 Å². The van der Waals surface area contributed by atoms with Gasteiger partial charge < -0.3 is 19.2 Å². The average molecular weight is 362 g/mol. The number of rotatable bonds is 0. The van der Waals surface area contributed by atoms with Gasteiger partial charge in [-0.1, -0.05) is 0 Å². The molecule has 0 saturated carbocycles. The Morgan fingerprint density at radius 3 is 0.929 bits per heavy atom. The van der Waals surface area contributed by atoms with Gasteiger partial charge in [0.2, 0.25) is 0 Å². The second-order valence-electron chi connectivity index (χ2n) is 0.962. The van der Waals surface area contributed by atoms with Crippen LogP contribution in [0.1, 0.15) is 0 Å². The molecule has 0 N–H and O–H groups in total. The first-order valence-electron chi connectivity index (χ1n) is 2.61. The summed E-state index contributed by atoms with van der Waals surface area (Å²) >= 11 is 0. The van der Waals surface area contributed by atoms with Crippen LogP contribution in [0.4, 0.5) is 0 Å². The molecule has 0 amide bonds. The largest absolute Gasteiger partial charge is 5.00 e. The van der Waals surface area contributed by atoms with Crippen LogP contribution in [-0.4, -0.2) is 27.2 Å². The van der Waals surface area contributed by atoms with E-state index in [2.05, 4.69) is 27.2 Å². The first-order chi connectivity index (χ1) is 6.50. The molecule has 0 spiro atoms. The van der Waals surface area contributed by atoms with Crippen LogP contribution in [0.2, 0.25) is 0 Å². The molecule has 0 aliphatic rings. The van der Waals surface area contributed by atoms with E-state index in [0.29, 0.717) is 0 Å². The third kappa shape index (κ3) is 72.3. The zero-order chi connectivity index (χ0) is 11.5. The molecular formula is C9H9O4Ta. The maximum Gasteiger partial charge on any atom is 5.00 e. The van der Waals surface area contributed by atoms with Gasteiger partial charge in [0.05, 0.1) is 0 Å². The summed E-state index contributed by atoms with van der Waals surface area (Å²) in [6.07, 6.45) is 0. The molecule has 0 aromatic heterocycles. The summed E-state index contributed by atoms with van der Waals surface area (Å²) in [5.74, 6) is 0. The molecule has 0 bridgehead atoms. The van der Waals surface area contributed by atoms with Crippen molar-refractivity contribution in [2.75, 3.05) is 0 Å². The van der Waals surface area contributed by atoms with E-state index < -0.39 is 0 Å². The minimum atomic E-state index is 0. The fourth-order valence-electron chi connectivity index (χ4n) is 0.321. The van der Waals surface area contributed by atoms with Crippen LogP contribution in [0.15, 0.2) is 30.3 Å². The molecule has 5 heteroatoms. The van der Waals surface area contributed by atoms with E-state index in [4.69, 9.17) is 19.2 Å². The van der Waals surface area contributed by atoms with Gasteiger partial charge in [-0.15, -0.1) is 0 Å². The zero-order valence-electron chi connectivity index (χ0n) is 7.28. The maximum atomic E-state index is 7.75. The first-order valence-corrected chi connectivity index (χ1v) is 2.61. The van der Waals surface area contributed by atoms with Crippen molar-refractivity contribution >= 4 is 27.2 Å². The fourth-order valence-corrected chi connectivity index (χ4v) is 0.321. The van der Waals surface area contributed by atoms with Gasteiger partial charge in [-0.2, -0.15) is 18.2 Å². The molecule has 74 valence electrons. The van der Waals surface area contributed by atoms with Crippen molar-refractivity contribution in [3.8, 4) is 0 Å². The van der Waals surface area contributed by atoms with E-state index in [1.165, 1.54) is 0 Å². The van der Waals surface area contributed by atoms with Gasteiger partial charge in [-0.05, 0) is 0 Å².